The Kier molecular flexibility index (Phi) is 5.77. The molecule has 2 aromatic carbocycles. The van der Waals surface area contributed by atoms with Crippen molar-refractivity contribution < 1.29 is 19.5 Å². The summed E-state index contributed by atoms with van der Waals surface area (Å²) in [6.45, 7) is 1.55. The van der Waals surface area contributed by atoms with Gasteiger partial charge in [-0.25, -0.2) is 4.79 Å². The van der Waals surface area contributed by atoms with E-state index in [0.29, 0.717) is 16.5 Å². The fourth-order valence-electron chi connectivity index (χ4n) is 3.48. The zero-order chi connectivity index (χ0) is 23.2. The minimum Gasteiger partial charge on any atom is -0.480 e. The van der Waals surface area contributed by atoms with E-state index in [9.17, 15) is 19.5 Å². The number of carboxylic acid groups (broad SMARTS) is 1. The smallest absolute Gasteiger partial charge is 0.326 e. The number of carbonyl (C=O) groups excluding carboxylic acids is 2. The van der Waals surface area contributed by atoms with Crippen LogP contribution in [0.4, 0.5) is 5.69 Å². The molecule has 0 radical (unpaired) electrons. The number of thiocarbonyl (C=S) groups is 1. The zero-order valence-corrected chi connectivity index (χ0v) is 18.8. The fourth-order valence-corrected chi connectivity index (χ4v) is 4.14. The number of carbonyl (C=O) groups is 3. The molecule has 162 valence electrons. The van der Waals surface area contributed by atoms with E-state index in [2.05, 4.69) is 5.32 Å². The summed E-state index contributed by atoms with van der Waals surface area (Å²) in [5.41, 5.74) is 1.22. The molecule has 0 bridgehead atoms. The van der Waals surface area contributed by atoms with Gasteiger partial charge in [0.1, 0.15) is 11.6 Å². The van der Waals surface area contributed by atoms with Crippen LogP contribution in [0.25, 0.3) is 17.0 Å². The Balaban J connectivity index is 1.85. The van der Waals surface area contributed by atoms with Crippen LogP contribution in [0.1, 0.15) is 18.5 Å². The molecule has 2 heterocycles. The monoisotopic (exact) mass is 487 g/mol. The number of rotatable bonds is 4. The van der Waals surface area contributed by atoms with Crippen LogP contribution in [0, 0.1) is 0 Å². The first kappa shape index (κ1) is 22.0. The lowest BCUT2D eigenvalue weighted by atomic mass is 10.1. The van der Waals surface area contributed by atoms with Gasteiger partial charge in [0.05, 0.1) is 15.7 Å². The number of aliphatic carboxylic acids is 1. The van der Waals surface area contributed by atoms with Crippen molar-refractivity contribution in [1.82, 2.24) is 9.88 Å². The quantitative estimate of drug-likeness (QED) is 0.322. The summed E-state index contributed by atoms with van der Waals surface area (Å²) >= 11 is 17.6. The SMILES string of the molecule is C[C@@H](C(=O)O)n1cc(/C=C2/C(=O)NC(=S)N(c3cccc(Cl)c3Cl)C2=O)c2ccccc21. The van der Waals surface area contributed by atoms with E-state index in [-0.39, 0.29) is 26.4 Å². The third-order valence-corrected chi connectivity index (χ3v) is 6.21. The first-order chi connectivity index (χ1) is 15.2. The predicted molar refractivity (Wildman–Crippen MR) is 127 cm³/mol. The Bertz CT molecular complexity index is 1350. The Morgan fingerprint density at radius 1 is 1.16 bits per heavy atom. The maximum atomic E-state index is 13.3. The van der Waals surface area contributed by atoms with Gasteiger partial charge in [-0.2, -0.15) is 0 Å². The molecule has 3 aromatic rings. The molecule has 1 saturated heterocycles. The van der Waals surface area contributed by atoms with Gasteiger partial charge in [0.25, 0.3) is 11.8 Å². The summed E-state index contributed by atoms with van der Waals surface area (Å²) < 4.78 is 1.57. The van der Waals surface area contributed by atoms with Gasteiger partial charge < -0.3 is 9.67 Å². The molecular formula is C22H15Cl2N3O4S. The van der Waals surface area contributed by atoms with Crippen LogP contribution >= 0.6 is 35.4 Å². The zero-order valence-electron chi connectivity index (χ0n) is 16.5. The number of halogens is 2. The van der Waals surface area contributed by atoms with Crippen molar-refractivity contribution in [3.63, 3.8) is 0 Å². The number of anilines is 1. The van der Waals surface area contributed by atoms with Crippen molar-refractivity contribution in [3.8, 4) is 0 Å². The maximum absolute atomic E-state index is 13.3. The summed E-state index contributed by atoms with van der Waals surface area (Å²) in [4.78, 5) is 38.6. The lowest BCUT2D eigenvalue weighted by Crippen LogP contribution is -2.54. The lowest BCUT2D eigenvalue weighted by molar-refractivity contribution is -0.140. The first-order valence-electron chi connectivity index (χ1n) is 9.38. The van der Waals surface area contributed by atoms with Crippen LogP contribution in [-0.2, 0) is 14.4 Å². The number of amides is 2. The normalized spacial score (nSPS) is 16.5. The topological polar surface area (TPSA) is 91.6 Å². The predicted octanol–water partition coefficient (Wildman–Crippen LogP) is 4.43. The van der Waals surface area contributed by atoms with Crippen molar-refractivity contribution >= 4 is 81.0 Å². The number of hydrogen-bond acceptors (Lipinski definition) is 4. The number of fused-ring (bicyclic) bond motifs is 1. The number of benzene rings is 2. The standard InChI is InChI=1S/C22H15Cl2N3O4S/c1-11(21(30)31)26-10-12(13-5-2-3-7-16(13)26)9-14-19(28)25-22(32)27(20(14)29)17-8-4-6-15(23)18(17)24/h2-11H,1H3,(H,30,31)(H,25,28,32)/b14-9-/t11-/m0/s1. The molecule has 1 aliphatic heterocycles. The van der Waals surface area contributed by atoms with Crippen molar-refractivity contribution in [2.45, 2.75) is 13.0 Å². The minimum atomic E-state index is -1.01. The highest BCUT2D eigenvalue weighted by Crippen LogP contribution is 2.35. The molecule has 7 nitrogen and oxygen atoms in total. The van der Waals surface area contributed by atoms with Gasteiger partial charge >= 0.3 is 5.97 Å². The number of carboxylic acids is 1. The number of hydrogen-bond donors (Lipinski definition) is 2. The first-order valence-corrected chi connectivity index (χ1v) is 10.5. The van der Waals surface area contributed by atoms with Crippen LogP contribution in [0.2, 0.25) is 10.0 Å². The maximum Gasteiger partial charge on any atom is 0.326 e. The summed E-state index contributed by atoms with van der Waals surface area (Å²) in [6.07, 6.45) is 3.01. The highest BCUT2D eigenvalue weighted by atomic mass is 35.5. The van der Waals surface area contributed by atoms with E-state index in [4.69, 9.17) is 35.4 Å². The summed E-state index contributed by atoms with van der Waals surface area (Å²) in [6, 6.07) is 11.0. The van der Waals surface area contributed by atoms with Gasteiger partial charge in [-0.15, -0.1) is 0 Å². The van der Waals surface area contributed by atoms with Crippen molar-refractivity contribution in [1.29, 1.82) is 0 Å². The minimum absolute atomic E-state index is 0.118. The molecule has 0 unspecified atom stereocenters. The van der Waals surface area contributed by atoms with E-state index in [1.807, 2.05) is 0 Å². The lowest BCUT2D eigenvalue weighted by Gasteiger charge is -2.29. The Morgan fingerprint density at radius 2 is 1.88 bits per heavy atom. The van der Waals surface area contributed by atoms with Gasteiger partial charge in [-0.1, -0.05) is 47.5 Å². The summed E-state index contributed by atoms with van der Waals surface area (Å²) in [5.74, 6) is -2.35. The average Bonchev–Trinajstić information content (AvgIpc) is 3.12. The molecule has 0 saturated carbocycles. The molecule has 2 N–H and O–H groups in total. The third-order valence-electron chi connectivity index (χ3n) is 5.12. The van der Waals surface area contributed by atoms with E-state index in [0.717, 1.165) is 4.90 Å². The molecule has 1 fully saturated rings. The van der Waals surface area contributed by atoms with E-state index in [1.165, 1.54) is 6.08 Å². The average molecular weight is 488 g/mol. The summed E-state index contributed by atoms with van der Waals surface area (Å²) in [5, 5.41) is 12.9. The van der Waals surface area contributed by atoms with Crippen LogP contribution in [0.5, 0.6) is 0 Å². The molecular weight excluding hydrogens is 473 g/mol. The van der Waals surface area contributed by atoms with Gasteiger partial charge in [0.15, 0.2) is 5.11 Å². The van der Waals surface area contributed by atoms with Gasteiger partial charge in [0, 0.05) is 22.7 Å². The molecule has 1 aliphatic rings. The molecule has 0 aliphatic carbocycles. The number of aromatic nitrogens is 1. The van der Waals surface area contributed by atoms with Gasteiger partial charge in [-0.3, -0.25) is 19.8 Å². The van der Waals surface area contributed by atoms with Crippen molar-refractivity contribution in [2.24, 2.45) is 0 Å². The van der Waals surface area contributed by atoms with Crippen LogP contribution < -0.4 is 10.2 Å². The van der Waals surface area contributed by atoms with Gasteiger partial charge in [0.2, 0.25) is 0 Å². The Morgan fingerprint density at radius 3 is 2.59 bits per heavy atom. The third kappa shape index (κ3) is 3.66. The van der Waals surface area contributed by atoms with Crippen LogP contribution in [-0.4, -0.2) is 32.6 Å². The number of nitrogens with one attached hydrogen (secondary N) is 1. The van der Waals surface area contributed by atoms with E-state index in [1.54, 1.807) is 60.2 Å². The molecule has 32 heavy (non-hydrogen) atoms. The Labute approximate surface area is 197 Å². The van der Waals surface area contributed by atoms with Crippen molar-refractivity contribution in [3.05, 3.63) is 69.8 Å². The highest BCUT2D eigenvalue weighted by molar-refractivity contribution is 7.80. The molecule has 10 heteroatoms. The van der Waals surface area contributed by atoms with E-state index >= 15 is 0 Å². The van der Waals surface area contributed by atoms with Crippen molar-refractivity contribution in [2.75, 3.05) is 4.90 Å². The number of para-hydroxylation sites is 1. The summed E-state index contributed by atoms with van der Waals surface area (Å²) in [7, 11) is 0. The molecule has 4 rings (SSSR count). The molecule has 1 aromatic heterocycles. The fraction of sp³-hybridized carbons (Fsp3) is 0.0909. The second-order valence-electron chi connectivity index (χ2n) is 7.05. The Hall–Kier alpha value is -3.20. The van der Waals surface area contributed by atoms with Crippen LogP contribution in [0.15, 0.2) is 54.2 Å². The second-order valence-corrected chi connectivity index (χ2v) is 8.23. The van der Waals surface area contributed by atoms with Gasteiger partial charge in [-0.05, 0) is 43.4 Å². The largest absolute Gasteiger partial charge is 0.480 e. The second kappa shape index (κ2) is 8.38. The van der Waals surface area contributed by atoms with E-state index < -0.39 is 23.8 Å². The molecule has 1 atom stereocenters. The number of nitrogens with zero attached hydrogens (tertiary/aromatic N) is 2. The van der Waals surface area contributed by atoms with Crippen LogP contribution in [0.3, 0.4) is 0 Å². The molecule has 2 amide bonds. The highest BCUT2D eigenvalue weighted by Gasteiger charge is 2.36. The molecule has 0 spiro atoms.